The molecule has 1 aromatic heterocycles. The zero-order valence-electron chi connectivity index (χ0n) is 12.5. The third kappa shape index (κ3) is 3.57. The Morgan fingerprint density at radius 3 is 2.55 bits per heavy atom. The molecule has 0 bridgehead atoms. The van der Waals surface area contributed by atoms with Crippen molar-refractivity contribution in [3.63, 3.8) is 0 Å². The molecule has 0 aliphatic carbocycles. The number of nitrogens with zero attached hydrogens (tertiary/aromatic N) is 1. The number of carbonyl (C=O) groups is 1. The van der Waals surface area contributed by atoms with Crippen molar-refractivity contribution >= 4 is 17.2 Å². The molecule has 3 nitrogen and oxygen atoms in total. The first-order valence-electron chi connectivity index (χ1n) is 7.77. The van der Waals surface area contributed by atoms with Gasteiger partial charge in [-0.05, 0) is 35.8 Å². The normalized spacial score (nSPS) is 17.4. The molecule has 1 amide bonds. The molecule has 0 saturated carbocycles. The second kappa shape index (κ2) is 7.07. The Morgan fingerprint density at radius 2 is 1.91 bits per heavy atom. The highest BCUT2D eigenvalue weighted by molar-refractivity contribution is 7.10. The topological polar surface area (TPSA) is 40.5 Å². The average Bonchev–Trinajstić information content (AvgIpc) is 3.08. The molecule has 116 valence electrons. The van der Waals surface area contributed by atoms with Gasteiger partial charge in [-0.15, -0.1) is 11.3 Å². The Kier molecular flexibility index (Phi) is 4.90. The third-order valence-corrected chi connectivity index (χ3v) is 5.26. The van der Waals surface area contributed by atoms with E-state index in [0.29, 0.717) is 6.42 Å². The van der Waals surface area contributed by atoms with E-state index >= 15 is 0 Å². The molecular weight excluding hydrogens is 294 g/mol. The van der Waals surface area contributed by atoms with E-state index in [-0.39, 0.29) is 11.8 Å². The monoisotopic (exact) mass is 315 g/mol. The van der Waals surface area contributed by atoms with E-state index in [9.17, 15) is 9.90 Å². The van der Waals surface area contributed by atoms with Gasteiger partial charge in [0.25, 0.3) is 0 Å². The number of rotatable bonds is 4. The van der Waals surface area contributed by atoms with Crippen molar-refractivity contribution in [3.8, 4) is 0 Å². The number of aliphatic hydroxyl groups is 1. The maximum absolute atomic E-state index is 12.3. The van der Waals surface area contributed by atoms with E-state index in [2.05, 4.69) is 0 Å². The van der Waals surface area contributed by atoms with Gasteiger partial charge >= 0.3 is 0 Å². The van der Waals surface area contributed by atoms with Crippen LogP contribution < -0.4 is 0 Å². The van der Waals surface area contributed by atoms with E-state index in [1.54, 1.807) is 11.3 Å². The Labute approximate surface area is 135 Å². The van der Waals surface area contributed by atoms with E-state index in [4.69, 9.17) is 0 Å². The Balaban J connectivity index is 1.53. The van der Waals surface area contributed by atoms with Crippen molar-refractivity contribution in [3.05, 3.63) is 58.3 Å². The van der Waals surface area contributed by atoms with Gasteiger partial charge in [0.05, 0.1) is 12.5 Å². The lowest BCUT2D eigenvalue weighted by Gasteiger charge is -2.34. The fourth-order valence-electron chi connectivity index (χ4n) is 3.06. The summed E-state index contributed by atoms with van der Waals surface area (Å²) in [4.78, 5) is 15.3. The molecule has 4 heteroatoms. The summed E-state index contributed by atoms with van der Waals surface area (Å²) >= 11 is 1.63. The number of hydrogen-bond acceptors (Lipinski definition) is 3. The smallest absolute Gasteiger partial charge is 0.227 e. The van der Waals surface area contributed by atoms with E-state index in [0.717, 1.165) is 36.4 Å². The second-order valence-corrected chi connectivity index (χ2v) is 6.86. The van der Waals surface area contributed by atoms with Crippen molar-refractivity contribution in [1.29, 1.82) is 0 Å². The number of amides is 1. The fourth-order valence-corrected chi connectivity index (χ4v) is 3.76. The van der Waals surface area contributed by atoms with Gasteiger partial charge in [0.15, 0.2) is 0 Å². The summed E-state index contributed by atoms with van der Waals surface area (Å²) in [5, 5.41) is 12.5. The van der Waals surface area contributed by atoms with Crippen LogP contribution in [0.2, 0.25) is 0 Å². The van der Waals surface area contributed by atoms with Gasteiger partial charge in [0.1, 0.15) is 0 Å². The number of carbonyl (C=O) groups excluding carboxylic acids is 1. The second-order valence-electron chi connectivity index (χ2n) is 5.83. The largest absolute Gasteiger partial charge is 0.388 e. The Hall–Kier alpha value is -1.65. The summed E-state index contributed by atoms with van der Waals surface area (Å²) in [6, 6.07) is 13.8. The molecule has 2 aromatic rings. The van der Waals surface area contributed by atoms with Gasteiger partial charge in [-0.3, -0.25) is 4.79 Å². The summed E-state index contributed by atoms with van der Waals surface area (Å²) in [7, 11) is 0. The summed E-state index contributed by atoms with van der Waals surface area (Å²) in [6.45, 7) is 1.50. The first kappa shape index (κ1) is 15.3. The van der Waals surface area contributed by atoms with Crippen molar-refractivity contribution in [1.82, 2.24) is 4.90 Å². The summed E-state index contributed by atoms with van der Waals surface area (Å²) in [6.07, 6.45) is 1.82. The van der Waals surface area contributed by atoms with Gasteiger partial charge < -0.3 is 10.0 Å². The first-order chi connectivity index (χ1) is 10.7. The number of hydrogen-bond donors (Lipinski definition) is 1. The minimum Gasteiger partial charge on any atom is -0.388 e. The minimum atomic E-state index is -0.421. The molecule has 1 aromatic carbocycles. The summed E-state index contributed by atoms with van der Waals surface area (Å²) in [5.41, 5.74) is 0.978. The predicted octanol–water partition coefficient (Wildman–Crippen LogP) is 3.26. The van der Waals surface area contributed by atoms with Crippen LogP contribution in [0, 0.1) is 5.92 Å². The zero-order valence-corrected chi connectivity index (χ0v) is 13.3. The maximum atomic E-state index is 12.3. The van der Waals surface area contributed by atoms with Gasteiger partial charge in [-0.25, -0.2) is 0 Å². The highest BCUT2D eigenvalue weighted by Crippen LogP contribution is 2.30. The average molecular weight is 315 g/mol. The van der Waals surface area contributed by atoms with Crippen molar-refractivity contribution in [2.75, 3.05) is 13.1 Å². The van der Waals surface area contributed by atoms with Crippen molar-refractivity contribution in [2.45, 2.75) is 25.4 Å². The van der Waals surface area contributed by atoms with Gasteiger partial charge in [0.2, 0.25) is 5.91 Å². The Morgan fingerprint density at radius 1 is 1.18 bits per heavy atom. The molecule has 0 spiro atoms. The molecule has 3 rings (SSSR count). The summed E-state index contributed by atoms with van der Waals surface area (Å²) in [5.74, 6) is 0.447. The molecule has 2 heterocycles. The fraction of sp³-hybridized carbons (Fsp3) is 0.389. The van der Waals surface area contributed by atoms with E-state index < -0.39 is 6.10 Å². The number of piperidine rings is 1. The maximum Gasteiger partial charge on any atom is 0.227 e. The van der Waals surface area contributed by atoms with Crippen molar-refractivity contribution < 1.29 is 9.90 Å². The number of likely N-dealkylation sites (tertiary alicyclic amines) is 1. The number of benzene rings is 1. The molecule has 1 N–H and O–H groups in total. The highest BCUT2D eigenvalue weighted by Gasteiger charge is 2.28. The van der Waals surface area contributed by atoms with Crippen LogP contribution in [0.15, 0.2) is 47.8 Å². The van der Waals surface area contributed by atoms with Crippen LogP contribution in [0.3, 0.4) is 0 Å². The highest BCUT2D eigenvalue weighted by atomic mass is 32.1. The number of aliphatic hydroxyl groups excluding tert-OH is 1. The molecule has 1 unspecified atom stereocenters. The molecule has 1 saturated heterocycles. The van der Waals surface area contributed by atoms with Gasteiger partial charge in [-0.2, -0.15) is 0 Å². The van der Waals surface area contributed by atoms with E-state index in [1.165, 1.54) is 0 Å². The first-order valence-corrected chi connectivity index (χ1v) is 8.65. The van der Waals surface area contributed by atoms with Crippen molar-refractivity contribution in [2.24, 2.45) is 5.92 Å². The molecule has 1 fully saturated rings. The molecule has 22 heavy (non-hydrogen) atoms. The molecular formula is C18H21NO2S. The standard InChI is InChI=1S/C18H21NO2S/c20-17(13-16-7-4-12-22-16)19-10-8-15(9-11-19)18(21)14-5-2-1-3-6-14/h1-7,12,15,18,21H,8-11,13H2. The van der Waals surface area contributed by atoms with Crippen LogP contribution in [0.5, 0.6) is 0 Å². The minimum absolute atomic E-state index is 0.204. The number of thiophene rings is 1. The summed E-state index contributed by atoms with van der Waals surface area (Å²) < 4.78 is 0. The van der Waals surface area contributed by atoms with E-state index in [1.807, 2.05) is 52.7 Å². The van der Waals surface area contributed by atoms with Crippen LogP contribution in [-0.2, 0) is 11.2 Å². The van der Waals surface area contributed by atoms with Crippen LogP contribution in [0.4, 0.5) is 0 Å². The molecule has 0 radical (unpaired) electrons. The van der Waals surface area contributed by atoms with Crippen LogP contribution in [0.25, 0.3) is 0 Å². The molecule has 1 aliphatic rings. The van der Waals surface area contributed by atoms with Gasteiger partial charge in [0, 0.05) is 18.0 Å². The van der Waals surface area contributed by atoms with Crippen LogP contribution >= 0.6 is 11.3 Å². The third-order valence-electron chi connectivity index (χ3n) is 4.39. The zero-order chi connectivity index (χ0) is 15.4. The van der Waals surface area contributed by atoms with Gasteiger partial charge in [-0.1, -0.05) is 36.4 Å². The van der Waals surface area contributed by atoms with Crippen LogP contribution in [-0.4, -0.2) is 29.0 Å². The lowest BCUT2D eigenvalue weighted by molar-refractivity contribution is -0.132. The SMILES string of the molecule is O=C(Cc1cccs1)N1CCC(C(O)c2ccccc2)CC1. The molecule has 1 atom stereocenters. The lowest BCUT2D eigenvalue weighted by atomic mass is 9.87. The molecule has 1 aliphatic heterocycles. The quantitative estimate of drug-likeness (QED) is 0.941. The Bertz CT molecular complexity index is 589. The predicted molar refractivity (Wildman–Crippen MR) is 88.7 cm³/mol. The van der Waals surface area contributed by atoms with Crippen LogP contribution in [0.1, 0.15) is 29.4 Å². The lowest BCUT2D eigenvalue weighted by Crippen LogP contribution is -2.40.